The topological polar surface area (TPSA) is 6.48 Å². The van der Waals surface area contributed by atoms with Gasteiger partial charge in [0.05, 0.1) is 0 Å². The Kier molecular flexibility index (Phi) is 10.3. The van der Waals surface area contributed by atoms with Crippen LogP contribution < -0.4 is 9.62 Å². The Hall–Kier alpha value is -0.255. The van der Waals surface area contributed by atoms with Gasteiger partial charge >= 0.3 is 7.55 Å². The molecule has 1 aliphatic heterocycles. The zero-order valence-corrected chi connectivity index (χ0v) is 22.0. The summed E-state index contributed by atoms with van der Waals surface area (Å²) in [5.41, 5.74) is 6.17. The van der Waals surface area contributed by atoms with Gasteiger partial charge in [0.1, 0.15) is 0 Å². The molecule has 0 aromatic heterocycles. The van der Waals surface area contributed by atoms with Gasteiger partial charge in [0, 0.05) is 24.5 Å². The molecule has 1 aromatic carbocycles. The van der Waals surface area contributed by atoms with Crippen LogP contribution in [0.25, 0.3) is 0 Å². The third-order valence-corrected chi connectivity index (χ3v) is 13.0. The number of anilines is 2. The summed E-state index contributed by atoms with van der Waals surface area (Å²) in [5.74, 6) is 0. The fourth-order valence-electron chi connectivity index (χ4n) is 4.67. The van der Waals surface area contributed by atoms with Crippen molar-refractivity contribution in [2.45, 2.75) is 90.9 Å². The molecular weight excluding hydrogens is 389 g/mol. The van der Waals surface area contributed by atoms with E-state index in [1.807, 2.05) is 0 Å². The van der Waals surface area contributed by atoms with E-state index in [2.05, 4.69) is 96.8 Å². The van der Waals surface area contributed by atoms with Crippen molar-refractivity contribution in [2.75, 3.05) is 35.0 Å². The second-order valence-electron chi connectivity index (χ2n) is 9.55. The van der Waals surface area contributed by atoms with Gasteiger partial charge in [-0.05, 0) is 59.9 Å². The van der Waals surface area contributed by atoms with Crippen molar-refractivity contribution in [3.05, 3.63) is 24.3 Å². The molecule has 163 valence electrons. The van der Waals surface area contributed by atoms with E-state index in [4.69, 9.17) is 0 Å². The van der Waals surface area contributed by atoms with Crippen molar-refractivity contribution in [3.63, 3.8) is 0 Å². The van der Waals surface area contributed by atoms with Gasteiger partial charge < -0.3 is 9.62 Å². The van der Waals surface area contributed by atoms with Gasteiger partial charge in [-0.2, -0.15) is 0 Å². The van der Waals surface area contributed by atoms with Crippen LogP contribution >= 0.6 is 15.8 Å². The molecule has 0 amide bonds. The molecule has 0 unspecified atom stereocenters. The average molecular weight is 433 g/mol. The van der Waals surface area contributed by atoms with Crippen LogP contribution in [0.15, 0.2) is 24.3 Å². The highest BCUT2D eigenvalue weighted by molar-refractivity contribution is 7.59. The van der Waals surface area contributed by atoms with E-state index in [1.165, 1.54) is 36.5 Å². The normalized spacial score (nSPS) is 14.3. The van der Waals surface area contributed by atoms with E-state index in [0.29, 0.717) is 0 Å². The van der Waals surface area contributed by atoms with E-state index >= 15 is 0 Å². The summed E-state index contributed by atoms with van der Waals surface area (Å²) in [7, 11) is 2.68. The summed E-state index contributed by atoms with van der Waals surface area (Å²) >= 11 is 0. The first-order valence-corrected chi connectivity index (χ1v) is 15.0. The van der Waals surface area contributed by atoms with E-state index in [0.717, 1.165) is 35.7 Å². The second-order valence-corrected chi connectivity index (χ2v) is 16.6. The fraction of sp³-hybridized carbons (Fsp3) is 0.750. The number of benzene rings is 1. The maximum absolute atomic E-state index is 2.51. The lowest BCUT2D eigenvalue weighted by Gasteiger charge is -2.28. The quantitative estimate of drug-likeness (QED) is 0.254. The monoisotopic (exact) mass is 433 g/mol. The highest BCUT2D eigenvalue weighted by Gasteiger charge is 2.28. The molecule has 0 aliphatic carbocycles. The summed E-state index contributed by atoms with van der Waals surface area (Å²) in [4.78, 5) is 5.02. The number of nitrogens with zero attached hydrogens (tertiary/aromatic N) is 2. The standard InChI is InChI=1S/C24H44BN2P2/c1-19(2)28(20(3)4)17-11-15-26-23-13-9-10-14-24(23)27(25-26)16-12-18-29(21(5)6)22(7)8/h9-10,13-14,19-22H,11-12,15-18H2,1-8H3. The third kappa shape index (κ3) is 7.14. The van der Waals surface area contributed by atoms with Crippen molar-refractivity contribution < 1.29 is 0 Å². The molecule has 2 rings (SSSR count). The Morgan fingerprint density at radius 2 is 1.00 bits per heavy atom. The van der Waals surface area contributed by atoms with Gasteiger partial charge in [-0.1, -0.05) is 67.5 Å². The van der Waals surface area contributed by atoms with Gasteiger partial charge in [-0.25, -0.2) is 0 Å². The molecule has 0 bridgehead atoms. The van der Waals surface area contributed by atoms with Crippen LogP contribution in [0.4, 0.5) is 11.4 Å². The van der Waals surface area contributed by atoms with Crippen LogP contribution in [0.2, 0.25) is 0 Å². The van der Waals surface area contributed by atoms with E-state index in [1.54, 1.807) is 0 Å². The zero-order chi connectivity index (χ0) is 21.6. The Morgan fingerprint density at radius 1 is 0.655 bits per heavy atom. The molecule has 1 radical (unpaired) electrons. The van der Waals surface area contributed by atoms with Gasteiger partial charge in [0.25, 0.3) is 0 Å². The Labute approximate surface area is 185 Å². The first-order chi connectivity index (χ1) is 13.7. The summed E-state index contributed by atoms with van der Waals surface area (Å²) in [6.45, 7) is 21.6. The molecule has 1 aromatic rings. The predicted molar refractivity (Wildman–Crippen MR) is 140 cm³/mol. The molecule has 0 atom stereocenters. The van der Waals surface area contributed by atoms with E-state index < -0.39 is 0 Å². The fourth-order valence-corrected chi connectivity index (χ4v) is 10.1. The molecular formula is C24H44BN2P2. The van der Waals surface area contributed by atoms with Crippen LogP contribution in [0.5, 0.6) is 0 Å². The van der Waals surface area contributed by atoms with Crippen LogP contribution in [0.1, 0.15) is 68.2 Å². The Balaban J connectivity index is 1.92. The molecule has 2 nitrogen and oxygen atoms in total. The SMILES string of the molecule is CC(C)P(CCCN1[B]N(CCCP(C(C)C)C(C)C)c2ccccc21)C(C)C. The zero-order valence-electron chi connectivity index (χ0n) is 20.2. The maximum atomic E-state index is 2.51. The van der Waals surface area contributed by atoms with Crippen LogP contribution in [-0.2, 0) is 0 Å². The van der Waals surface area contributed by atoms with Gasteiger partial charge in [-0.3, -0.25) is 0 Å². The molecule has 29 heavy (non-hydrogen) atoms. The summed E-state index contributed by atoms with van der Waals surface area (Å²) in [6, 6.07) is 8.98. The molecule has 0 spiro atoms. The molecule has 0 N–H and O–H groups in total. The Bertz CT molecular complexity index is 539. The predicted octanol–water partition coefficient (Wildman–Crippen LogP) is 7.22. The smallest absolute Gasteiger partial charge is 0.391 e. The van der Waals surface area contributed by atoms with Crippen LogP contribution in [0, 0.1) is 0 Å². The number of hydrogen-bond donors (Lipinski definition) is 0. The maximum Gasteiger partial charge on any atom is 0.391 e. The summed E-state index contributed by atoms with van der Waals surface area (Å²) < 4.78 is 0. The highest BCUT2D eigenvalue weighted by atomic mass is 31.1. The first-order valence-electron chi connectivity index (χ1n) is 11.7. The van der Waals surface area contributed by atoms with Crippen molar-refractivity contribution in [2.24, 2.45) is 0 Å². The molecule has 0 saturated heterocycles. The molecule has 1 aliphatic rings. The van der Waals surface area contributed by atoms with Crippen LogP contribution in [0.3, 0.4) is 0 Å². The van der Waals surface area contributed by atoms with Crippen molar-refractivity contribution in [1.29, 1.82) is 0 Å². The van der Waals surface area contributed by atoms with Crippen molar-refractivity contribution >= 4 is 34.8 Å². The van der Waals surface area contributed by atoms with Gasteiger partial charge in [0.15, 0.2) is 0 Å². The third-order valence-electron chi connectivity index (χ3n) is 6.06. The number of rotatable bonds is 12. The lowest BCUT2D eigenvalue weighted by Crippen LogP contribution is -2.36. The molecule has 1 heterocycles. The largest absolute Gasteiger partial charge is 0.397 e. The van der Waals surface area contributed by atoms with Gasteiger partial charge in [-0.15, -0.1) is 15.8 Å². The number of hydrogen-bond acceptors (Lipinski definition) is 2. The molecule has 0 fully saturated rings. The van der Waals surface area contributed by atoms with E-state index in [9.17, 15) is 0 Å². The summed E-state index contributed by atoms with van der Waals surface area (Å²) in [6.07, 6.45) is 5.38. The highest BCUT2D eigenvalue weighted by Crippen LogP contribution is 2.47. The number of para-hydroxylation sites is 2. The van der Waals surface area contributed by atoms with Crippen LogP contribution in [-0.4, -0.2) is 55.6 Å². The number of fused-ring (bicyclic) bond motifs is 1. The molecule has 0 saturated carbocycles. The van der Waals surface area contributed by atoms with E-state index in [-0.39, 0.29) is 15.8 Å². The van der Waals surface area contributed by atoms with Crippen molar-refractivity contribution in [1.82, 2.24) is 0 Å². The van der Waals surface area contributed by atoms with Gasteiger partial charge in [0.2, 0.25) is 0 Å². The minimum absolute atomic E-state index is 0.141. The summed E-state index contributed by atoms with van der Waals surface area (Å²) in [5, 5.41) is 0. The molecule has 5 heteroatoms. The first kappa shape index (κ1) is 25.0. The Morgan fingerprint density at radius 3 is 1.31 bits per heavy atom. The second kappa shape index (κ2) is 12.0. The lowest BCUT2D eigenvalue weighted by atomic mass is 10.1. The minimum atomic E-state index is 0.141. The van der Waals surface area contributed by atoms with Crippen molar-refractivity contribution in [3.8, 4) is 0 Å². The average Bonchev–Trinajstić information content (AvgIpc) is 2.99. The lowest BCUT2D eigenvalue weighted by molar-refractivity contribution is 0.891. The minimum Gasteiger partial charge on any atom is -0.397 e.